The number of amides is 1. The second kappa shape index (κ2) is 6.61. The van der Waals surface area contributed by atoms with Crippen molar-refractivity contribution >= 4 is 11.6 Å². The molecule has 1 saturated carbocycles. The smallest absolute Gasteiger partial charge is 0.255 e. The Morgan fingerprint density at radius 3 is 2.90 bits per heavy atom. The predicted molar refractivity (Wildman–Crippen MR) is 77.7 cm³/mol. The molecule has 4 N–H and O–H groups in total. The molecule has 0 bridgehead atoms. The van der Waals surface area contributed by atoms with E-state index in [2.05, 4.69) is 5.32 Å². The van der Waals surface area contributed by atoms with E-state index in [1.54, 1.807) is 18.2 Å². The van der Waals surface area contributed by atoms with E-state index in [1.807, 2.05) is 0 Å². The third-order valence-electron chi connectivity index (χ3n) is 3.86. The number of nitrogens with one attached hydrogen (secondary N) is 1. The number of hydrogen-bond acceptors (Lipinski definition) is 4. The van der Waals surface area contributed by atoms with Crippen LogP contribution in [0.1, 0.15) is 36.0 Å². The van der Waals surface area contributed by atoms with E-state index in [4.69, 9.17) is 10.5 Å². The van der Waals surface area contributed by atoms with E-state index in [0.717, 1.165) is 25.7 Å². The summed E-state index contributed by atoms with van der Waals surface area (Å²) in [7, 11) is 1.52. The van der Waals surface area contributed by atoms with Crippen LogP contribution < -0.4 is 15.8 Å². The maximum Gasteiger partial charge on any atom is 0.255 e. The summed E-state index contributed by atoms with van der Waals surface area (Å²) >= 11 is 0. The zero-order valence-corrected chi connectivity index (χ0v) is 11.8. The second-order valence-corrected chi connectivity index (χ2v) is 5.28. The minimum absolute atomic E-state index is 0.139. The Balaban J connectivity index is 1.99. The molecule has 1 amide bonds. The molecule has 1 fully saturated rings. The molecule has 20 heavy (non-hydrogen) atoms. The zero-order chi connectivity index (χ0) is 14.5. The fourth-order valence-corrected chi connectivity index (χ4v) is 2.65. The number of nitrogens with two attached hydrogens (primary N) is 1. The predicted octanol–water partition coefficient (Wildman–Crippen LogP) is 1.56. The van der Waals surface area contributed by atoms with Gasteiger partial charge in [-0.25, -0.2) is 0 Å². The summed E-state index contributed by atoms with van der Waals surface area (Å²) in [6, 6.07) is 4.98. The van der Waals surface area contributed by atoms with Crippen molar-refractivity contribution in [2.75, 3.05) is 19.4 Å². The molecule has 0 aromatic heterocycles. The van der Waals surface area contributed by atoms with Gasteiger partial charge in [0, 0.05) is 18.2 Å². The number of carbonyl (C=O) groups excluding carboxylic acids is 1. The zero-order valence-electron chi connectivity index (χ0n) is 11.8. The molecule has 1 aromatic carbocycles. The van der Waals surface area contributed by atoms with Crippen molar-refractivity contribution in [3.63, 3.8) is 0 Å². The Bertz CT molecular complexity index is 476. The van der Waals surface area contributed by atoms with Gasteiger partial charge in [0.2, 0.25) is 0 Å². The van der Waals surface area contributed by atoms with Gasteiger partial charge in [0.1, 0.15) is 5.75 Å². The molecule has 5 nitrogen and oxygen atoms in total. The molecule has 5 heteroatoms. The van der Waals surface area contributed by atoms with Crippen LogP contribution in [-0.2, 0) is 0 Å². The van der Waals surface area contributed by atoms with Crippen LogP contribution in [0.4, 0.5) is 5.69 Å². The molecule has 2 atom stereocenters. The van der Waals surface area contributed by atoms with Crippen molar-refractivity contribution in [3.05, 3.63) is 23.8 Å². The Morgan fingerprint density at radius 1 is 1.45 bits per heavy atom. The van der Waals surface area contributed by atoms with Crippen LogP contribution >= 0.6 is 0 Å². The highest BCUT2D eigenvalue weighted by molar-refractivity contribution is 5.97. The lowest BCUT2D eigenvalue weighted by Crippen LogP contribution is -2.36. The molecule has 2 unspecified atom stereocenters. The number of aliphatic hydroxyl groups excluding tert-OH is 1. The first-order valence-electron chi connectivity index (χ1n) is 7.01. The van der Waals surface area contributed by atoms with Gasteiger partial charge in [-0.1, -0.05) is 12.8 Å². The lowest BCUT2D eigenvalue weighted by atomic mass is 9.86. The molecule has 0 aliphatic heterocycles. The van der Waals surface area contributed by atoms with Crippen LogP contribution in [0, 0.1) is 5.92 Å². The van der Waals surface area contributed by atoms with Crippen LogP contribution in [0.5, 0.6) is 5.75 Å². The summed E-state index contributed by atoms with van der Waals surface area (Å²) in [6.45, 7) is 0.484. The van der Waals surface area contributed by atoms with Gasteiger partial charge in [-0.15, -0.1) is 0 Å². The minimum Gasteiger partial charge on any atom is -0.496 e. The van der Waals surface area contributed by atoms with Crippen molar-refractivity contribution in [2.24, 2.45) is 5.92 Å². The highest BCUT2D eigenvalue weighted by Crippen LogP contribution is 2.24. The van der Waals surface area contributed by atoms with Gasteiger partial charge in [-0.3, -0.25) is 4.79 Å². The second-order valence-electron chi connectivity index (χ2n) is 5.28. The first kappa shape index (κ1) is 14.7. The summed E-state index contributed by atoms with van der Waals surface area (Å²) < 4.78 is 5.17. The monoisotopic (exact) mass is 278 g/mol. The van der Waals surface area contributed by atoms with E-state index in [0.29, 0.717) is 23.5 Å². The van der Waals surface area contributed by atoms with E-state index in [1.165, 1.54) is 7.11 Å². The largest absolute Gasteiger partial charge is 0.496 e. The molecule has 0 saturated heterocycles. The third-order valence-corrected chi connectivity index (χ3v) is 3.86. The van der Waals surface area contributed by atoms with Crippen molar-refractivity contribution in [3.8, 4) is 5.75 Å². The fourth-order valence-electron chi connectivity index (χ4n) is 2.65. The first-order valence-corrected chi connectivity index (χ1v) is 7.01. The third kappa shape index (κ3) is 3.42. The average Bonchev–Trinajstić information content (AvgIpc) is 2.46. The van der Waals surface area contributed by atoms with Crippen LogP contribution in [-0.4, -0.2) is 30.8 Å². The van der Waals surface area contributed by atoms with E-state index >= 15 is 0 Å². The van der Waals surface area contributed by atoms with Gasteiger partial charge in [0.05, 0.1) is 18.8 Å². The fraction of sp³-hybridized carbons (Fsp3) is 0.533. The van der Waals surface area contributed by atoms with E-state index in [9.17, 15) is 9.90 Å². The van der Waals surface area contributed by atoms with Crippen molar-refractivity contribution in [1.82, 2.24) is 5.32 Å². The van der Waals surface area contributed by atoms with E-state index in [-0.39, 0.29) is 17.9 Å². The highest BCUT2D eigenvalue weighted by Gasteiger charge is 2.24. The highest BCUT2D eigenvalue weighted by atomic mass is 16.5. The van der Waals surface area contributed by atoms with Gasteiger partial charge < -0.3 is 20.9 Å². The van der Waals surface area contributed by atoms with Gasteiger partial charge >= 0.3 is 0 Å². The molecule has 1 aliphatic carbocycles. The number of benzene rings is 1. The summed E-state index contributed by atoms with van der Waals surface area (Å²) in [4.78, 5) is 12.2. The summed E-state index contributed by atoms with van der Waals surface area (Å²) in [5.41, 5.74) is 6.66. The molecule has 0 spiro atoms. The number of nitrogen functional groups attached to an aromatic ring is 1. The Kier molecular flexibility index (Phi) is 4.84. The summed E-state index contributed by atoms with van der Waals surface area (Å²) in [5.74, 6) is 0.424. The van der Waals surface area contributed by atoms with Crippen LogP contribution in [0.25, 0.3) is 0 Å². The summed E-state index contributed by atoms with van der Waals surface area (Å²) in [5, 5.41) is 12.8. The van der Waals surface area contributed by atoms with Crippen LogP contribution in [0.3, 0.4) is 0 Å². The van der Waals surface area contributed by atoms with Crippen LogP contribution in [0.15, 0.2) is 18.2 Å². The Labute approximate surface area is 119 Å². The topological polar surface area (TPSA) is 84.6 Å². The average molecular weight is 278 g/mol. The molecule has 110 valence electrons. The Morgan fingerprint density at radius 2 is 2.20 bits per heavy atom. The van der Waals surface area contributed by atoms with Crippen LogP contribution in [0.2, 0.25) is 0 Å². The number of hydrogen-bond donors (Lipinski definition) is 3. The molecule has 1 aromatic rings. The first-order chi connectivity index (χ1) is 9.61. The van der Waals surface area contributed by atoms with Crippen molar-refractivity contribution in [2.45, 2.75) is 31.8 Å². The number of methoxy groups -OCH3 is 1. The van der Waals surface area contributed by atoms with Crippen molar-refractivity contribution in [1.29, 1.82) is 0 Å². The number of rotatable bonds is 4. The lowest BCUT2D eigenvalue weighted by Gasteiger charge is -2.27. The number of aliphatic hydroxyl groups is 1. The van der Waals surface area contributed by atoms with Gasteiger partial charge in [0.15, 0.2) is 0 Å². The maximum atomic E-state index is 12.2. The SMILES string of the molecule is COc1ccc(N)cc1C(=O)NCC1CCCCC1O. The standard InChI is InChI=1S/C15H22N2O3/c1-20-14-7-6-11(16)8-12(14)15(19)17-9-10-4-2-3-5-13(10)18/h6-8,10,13,18H,2-5,9,16H2,1H3,(H,17,19). The number of ether oxygens (including phenoxy) is 1. The van der Waals surface area contributed by atoms with Gasteiger partial charge in [-0.2, -0.15) is 0 Å². The maximum absolute atomic E-state index is 12.2. The quantitative estimate of drug-likeness (QED) is 0.730. The normalized spacial score (nSPS) is 22.3. The summed E-state index contributed by atoms with van der Waals surface area (Å²) in [6.07, 6.45) is 3.64. The Hall–Kier alpha value is -1.75. The number of carbonyl (C=O) groups is 1. The molecule has 0 radical (unpaired) electrons. The molecule has 1 aliphatic rings. The van der Waals surface area contributed by atoms with Gasteiger partial charge in [0.25, 0.3) is 5.91 Å². The number of anilines is 1. The van der Waals surface area contributed by atoms with Gasteiger partial charge in [-0.05, 0) is 31.0 Å². The molecular weight excluding hydrogens is 256 g/mol. The van der Waals surface area contributed by atoms with Crippen molar-refractivity contribution < 1.29 is 14.6 Å². The lowest BCUT2D eigenvalue weighted by molar-refractivity contribution is 0.0662. The van der Waals surface area contributed by atoms with E-state index < -0.39 is 0 Å². The molecule has 2 rings (SSSR count). The molecule has 0 heterocycles. The minimum atomic E-state index is -0.313. The molecular formula is C15H22N2O3.